The Morgan fingerprint density at radius 3 is 2.94 bits per heavy atom. The number of rotatable bonds is 1. The van der Waals surface area contributed by atoms with E-state index in [4.69, 9.17) is 0 Å². The molecule has 0 saturated heterocycles. The highest BCUT2D eigenvalue weighted by Crippen LogP contribution is 2.25. The van der Waals surface area contributed by atoms with Crippen LogP contribution in [-0.2, 0) is 0 Å². The number of pyridine rings is 1. The monoisotopic (exact) mass is 237 g/mol. The number of H-pyrrole nitrogens is 1. The molecule has 1 aromatic carbocycles. The number of nitrogens with zero attached hydrogens (tertiary/aromatic N) is 2. The second-order valence-electron chi connectivity index (χ2n) is 4.12. The first-order chi connectivity index (χ1) is 8.74. The maximum atomic E-state index is 11.5. The molecule has 3 rings (SSSR count). The van der Waals surface area contributed by atoms with Crippen molar-refractivity contribution >= 4 is 10.8 Å². The molecule has 0 bridgehead atoms. The summed E-state index contributed by atoms with van der Waals surface area (Å²) < 4.78 is 0. The zero-order chi connectivity index (χ0) is 12.5. The summed E-state index contributed by atoms with van der Waals surface area (Å²) in [4.78, 5) is 22.7. The van der Waals surface area contributed by atoms with E-state index in [-0.39, 0.29) is 5.56 Å². The summed E-state index contributed by atoms with van der Waals surface area (Å²) in [5, 5.41) is 2.08. The van der Waals surface area contributed by atoms with Crippen LogP contribution in [0.3, 0.4) is 0 Å². The van der Waals surface area contributed by atoms with E-state index in [2.05, 4.69) is 15.0 Å². The number of hydrogen-bond donors (Lipinski definition) is 1. The van der Waals surface area contributed by atoms with E-state index >= 15 is 0 Å². The highest BCUT2D eigenvalue weighted by Gasteiger charge is 2.06. The molecule has 1 N–H and O–H groups in total. The molecule has 0 spiro atoms. The van der Waals surface area contributed by atoms with Crippen LogP contribution in [0, 0.1) is 6.92 Å². The third-order valence-corrected chi connectivity index (χ3v) is 2.82. The van der Waals surface area contributed by atoms with Crippen LogP contribution in [0.15, 0.2) is 47.5 Å². The van der Waals surface area contributed by atoms with Crippen molar-refractivity contribution in [3.05, 3.63) is 58.9 Å². The minimum absolute atomic E-state index is 0.140. The van der Waals surface area contributed by atoms with Gasteiger partial charge in [-0.25, -0.2) is 4.98 Å². The number of aromatic amines is 1. The molecule has 2 heterocycles. The largest absolute Gasteiger partial charge is 0.311 e. The molecule has 0 atom stereocenters. The van der Waals surface area contributed by atoms with Crippen molar-refractivity contribution in [1.82, 2.24) is 15.0 Å². The topological polar surface area (TPSA) is 58.6 Å². The highest BCUT2D eigenvalue weighted by molar-refractivity contribution is 5.94. The van der Waals surface area contributed by atoms with Crippen molar-refractivity contribution in [2.75, 3.05) is 0 Å². The highest BCUT2D eigenvalue weighted by atomic mass is 16.1. The van der Waals surface area contributed by atoms with Gasteiger partial charge in [-0.1, -0.05) is 18.2 Å². The summed E-state index contributed by atoms with van der Waals surface area (Å²) in [7, 11) is 0. The number of hydrogen-bond acceptors (Lipinski definition) is 3. The number of benzene rings is 1. The first-order valence-corrected chi connectivity index (χ1v) is 5.65. The fourth-order valence-corrected chi connectivity index (χ4v) is 2.05. The molecule has 3 aromatic rings. The minimum Gasteiger partial charge on any atom is -0.311 e. The van der Waals surface area contributed by atoms with Crippen molar-refractivity contribution in [3.63, 3.8) is 0 Å². The lowest BCUT2D eigenvalue weighted by Gasteiger charge is -2.05. The van der Waals surface area contributed by atoms with Crippen LogP contribution in [0.4, 0.5) is 0 Å². The third-order valence-electron chi connectivity index (χ3n) is 2.82. The zero-order valence-electron chi connectivity index (χ0n) is 9.84. The van der Waals surface area contributed by atoms with E-state index in [1.54, 1.807) is 19.3 Å². The van der Waals surface area contributed by atoms with Crippen molar-refractivity contribution in [1.29, 1.82) is 0 Å². The summed E-state index contributed by atoms with van der Waals surface area (Å²) in [6.45, 7) is 1.77. The minimum atomic E-state index is -0.140. The second-order valence-corrected chi connectivity index (χ2v) is 4.12. The molecule has 0 unspecified atom stereocenters. The van der Waals surface area contributed by atoms with Crippen LogP contribution in [0.2, 0.25) is 0 Å². The van der Waals surface area contributed by atoms with Gasteiger partial charge in [0.15, 0.2) is 0 Å². The van der Waals surface area contributed by atoms with Crippen LogP contribution in [0.25, 0.3) is 22.0 Å². The Balaban J connectivity index is 2.34. The Morgan fingerprint density at radius 1 is 1.22 bits per heavy atom. The summed E-state index contributed by atoms with van der Waals surface area (Å²) in [6, 6.07) is 9.37. The summed E-state index contributed by atoms with van der Waals surface area (Å²) >= 11 is 0. The molecule has 2 aromatic heterocycles. The molecule has 0 radical (unpaired) electrons. The molecule has 0 aliphatic carbocycles. The number of fused-ring (bicyclic) bond motifs is 1. The second kappa shape index (κ2) is 4.07. The Morgan fingerprint density at radius 2 is 2.11 bits per heavy atom. The van der Waals surface area contributed by atoms with Gasteiger partial charge in [0.1, 0.15) is 5.82 Å². The molecule has 0 amide bonds. The van der Waals surface area contributed by atoms with Gasteiger partial charge < -0.3 is 4.98 Å². The maximum absolute atomic E-state index is 11.5. The zero-order valence-corrected chi connectivity index (χ0v) is 9.84. The first-order valence-electron chi connectivity index (χ1n) is 5.65. The van der Waals surface area contributed by atoms with Gasteiger partial charge in [-0.2, -0.15) is 0 Å². The van der Waals surface area contributed by atoms with E-state index in [1.807, 2.05) is 24.3 Å². The number of aryl methyl sites for hydroxylation is 1. The first kappa shape index (κ1) is 10.7. The average Bonchev–Trinajstić information content (AvgIpc) is 2.37. The SMILES string of the molecule is Cc1nc(-c2cccc3ccncc23)cc(=O)[nH]1. The summed E-state index contributed by atoms with van der Waals surface area (Å²) in [6.07, 6.45) is 3.55. The molecule has 0 aliphatic heterocycles. The van der Waals surface area contributed by atoms with Gasteiger partial charge in [-0.05, 0) is 18.4 Å². The quantitative estimate of drug-likeness (QED) is 0.706. The van der Waals surface area contributed by atoms with Gasteiger partial charge in [0.05, 0.1) is 5.69 Å². The van der Waals surface area contributed by atoms with Gasteiger partial charge in [-0.3, -0.25) is 9.78 Å². The van der Waals surface area contributed by atoms with Gasteiger partial charge in [0, 0.05) is 29.4 Å². The van der Waals surface area contributed by atoms with Crippen LogP contribution >= 0.6 is 0 Å². The standard InChI is InChI=1S/C14H11N3O/c1-9-16-13(7-14(18)17-9)11-4-2-3-10-5-6-15-8-12(10)11/h2-8H,1H3,(H,16,17,18). The molecule has 0 fully saturated rings. The van der Waals surface area contributed by atoms with Gasteiger partial charge in [-0.15, -0.1) is 0 Å². The van der Waals surface area contributed by atoms with Gasteiger partial charge >= 0.3 is 0 Å². The predicted octanol–water partition coefficient (Wildman–Crippen LogP) is 2.29. The lowest BCUT2D eigenvalue weighted by molar-refractivity contribution is 1.02. The van der Waals surface area contributed by atoms with Gasteiger partial charge in [0.2, 0.25) is 0 Å². The van der Waals surface area contributed by atoms with Crippen LogP contribution in [0.5, 0.6) is 0 Å². The Hall–Kier alpha value is -2.49. The lowest BCUT2D eigenvalue weighted by Crippen LogP contribution is -2.08. The van der Waals surface area contributed by atoms with Crippen molar-refractivity contribution < 1.29 is 0 Å². The fraction of sp³-hybridized carbons (Fsp3) is 0.0714. The van der Waals surface area contributed by atoms with E-state index in [1.165, 1.54) is 6.07 Å². The molecular weight excluding hydrogens is 226 g/mol. The van der Waals surface area contributed by atoms with E-state index in [0.717, 1.165) is 16.3 Å². The van der Waals surface area contributed by atoms with Crippen molar-refractivity contribution in [2.24, 2.45) is 0 Å². The molecular formula is C14H11N3O. The fourth-order valence-electron chi connectivity index (χ4n) is 2.05. The third kappa shape index (κ3) is 1.78. The molecule has 18 heavy (non-hydrogen) atoms. The summed E-state index contributed by atoms with van der Waals surface area (Å²) in [5.74, 6) is 0.610. The van der Waals surface area contributed by atoms with E-state index < -0.39 is 0 Å². The molecule has 4 nitrogen and oxygen atoms in total. The smallest absolute Gasteiger partial charge is 0.251 e. The van der Waals surface area contributed by atoms with E-state index in [9.17, 15) is 4.79 Å². The Bertz CT molecular complexity index is 772. The van der Waals surface area contributed by atoms with Gasteiger partial charge in [0.25, 0.3) is 5.56 Å². The number of nitrogens with one attached hydrogen (secondary N) is 1. The van der Waals surface area contributed by atoms with Crippen LogP contribution in [0.1, 0.15) is 5.82 Å². The van der Waals surface area contributed by atoms with Crippen molar-refractivity contribution in [2.45, 2.75) is 6.92 Å². The molecule has 4 heteroatoms. The Kier molecular flexibility index (Phi) is 2.41. The Labute approximate surface area is 103 Å². The lowest BCUT2D eigenvalue weighted by atomic mass is 10.0. The maximum Gasteiger partial charge on any atom is 0.251 e. The predicted molar refractivity (Wildman–Crippen MR) is 70.3 cm³/mol. The van der Waals surface area contributed by atoms with E-state index in [0.29, 0.717) is 11.5 Å². The van der Waals surface area contributed by atoms with Crippen LogP contribution in [-0.4, -0.2) is 15.0 Å². The molecule has 0 saturated carbocycles. The normalized spacial score (nSPS) is 10.7. The number of aromatic nitrogens is 3. The molecule has 88 valence electrons. The summed E-state index contributed by atoms with van der Waals surface area (Å²) in [5.41, 5.74) is 1.46. The molecule has 0 aliphatic rings. The average molecular weight is 237 g/mol. The van der Waals surface area contributed by atoms with Crippen LogP contribution < -0.4 is 5.56 Å². The van der Waals surface area contributed by atoms with Crippen molar-refractivity contribution in [3.8, 4) is 11.3 Å².